The number of fused-ring (bicyclic) bond motifs is 1. The second kappa shape index (κ2) is 7.45. The second-order valence-electron chi connectivity index (χ2n) is 7.39. The Balaban J connectivity index is 1.66. The van der Waals surface area contributed by atoms with Gasteiger partial charge in [0.25, 0.3) is 0 Å². The van der Waals surface area contributed by atoms with Gasteiger partial charge in [0.05, 0.1) is 11.1 Å². The second-order valence-corrected chi connectivity index (χ2v) is 8.49. The van der Waals surface area contributed by atoms with E-state index in [4.69, 9.17) is 11.0 Å². The molecular formula is C22H19FN4OS. The van der Waals surface area contributed by atoms with Crippen LogP contribution in [0.1, 0.15) is 46.9 Å². The Morgan fingerprint density at radius 3 is 2.97 bits per heavy atom. The third-order valence-corrected chi connectivity index (χ3v) is 6.49. The normalized spacial score (nSPS) is 23.0. The minimum atomic E-state index is -0.798. The van der Waals surface area contributed by atoms with Gasteiger partial charge >= 0.3 is 0 Å². The van der Waals surface area contributed by atoms with Crippen LogP contribution in [-0.4, -0.2) is 15.9 Å². The van der Waals surface area contributed by atoms with Crippen LogP contribution in [0.25, 0.3) is 0 Å². The highest BCUT2D eigenvalue weighted by Gasteiger charge is 2.44. The average molecular weight is 406 g/mol. The van der Waals surface area contributed by atoms with Crippen molar-refractivity contribution in [3.8, 4) is 6.07 Å². The first kappa shape index (κ1) is 19.3. The van der Waals surface area contributed by atoms with Crippen molar-refractivity contribution in [2.24, 2.45) is 16.6 Å². The number of amidine groups is 1. The van der Waals surface area contributed by atoms with Gasteiger partial charge in [-0.3, -0.25) is 14.8 Å². The molecular weight excluding hydrogens is 387 g/mol. The number of halogens is 1. The van der Waals surface area contributed by atoms with Gasteiger partial charge in [-0.15, -0.1) is 0 Å². The number of nitrogens with zero attached hydrogens (tertiary/aromatic N) is 3. The van der Waals surface area contributed by atoms with Gasteiger partial charge in [-0.2, -0.15) is 5.26 Å². The fraction of sp³-hybridized carbons (Fsp3) is 0.273. The number of hydrogen-bond donors (Lipinski definition) is 1. The number of rotatable bonds is 4. The third kappa shape index (κ3) is 3.56. The van der Waals surface area contributed by atoms with E-state index >= 15 is 0 Å². The molecule has 0 spiro atoms. The molecule has 4 rings (SSSR count). The Kier molecular flexibility index (Phi) is 4.97. The first-order valence-electron chi connectivity index (χ1n) is 9.32. The van der Waals surface area contributed by atoms with E-state index in [9.17, 15) is 9.18 Å². The predicted molar refractivity (Wildman–Crippen MR) is 111 cm³/mol. The lowest BCUT2D eigenvalue weighted by Gasteiger charge is -2.37. The number of carbonyl (C=O) groups excluding carboxylic acids is 1. The van der Waals surface area contributed by atoms with Crippen LogP contribution in [0.15, 0.2) is 52.5 Å². The smallest absolute Gasteiger partial charge is 0.185 e. The number of nitriles is 1. The lowest BCUT2D eigenvalue weighted by Crippen LogP contribution is -2.36. The van der Waals surface area contributed by atoms with Gasteiger partial charge in [0.15, 0.2) is 11.0 Å². The third-order valence-electron chi connectivity index (χ3n) is 5.51. The van der Waals surface area contributed by atoms with E-state index < -0.39 is 5.54 Å². The number of aliphatic imine (C=N–C) groups is 1. The molecule has 0 amide bonds. The molecule has 2 atom stereocenters. The van der Waals surface area contributed by atoms with Crippen LogP contribution >= 0.6 is 11.8 Å². The van der Waals surface area contributed by atoms with Gasteiger partial charge < -0.3 is 5.73 Å². The van der Waals surface area contributed by atoms with E-state index in [1.165, 1.54) is 30.1 Å². The van der Waals surface area contributed by atoms with E-state index in [2.05, 4.69) is 16.1 Å². The minimum absolute atomic E-state index is 0.0837. The van der Waals surface area contributed by atoms with Crippen LogP contribution in [0.2, 0.25) is 0 Å². The van der Waals surface area contributed by atoms with Gasteiger partial charge in [0.2, 0.25) is 0 Å². The van der Waals surface area contributed by atoms with Crippen molar-refractivity contribution < 1.29 is 9.18 Å². The van der Waals surface area contributed by atoms with Gasteiger partial charge in [-0.25, -0.2) is 4.39 Å². The number of nitrogens with two attached hydrogens (primary N) is 1. The number of benzene rings is 1. The first-order valence-corrected chi connectivity index (χ1v) is 10.1. The number of pyridine rings is 1. The molecule has 5 nitrogen and oxygen atoms in total. The van der Waals surface area contributed by atoms with Gasteiger partial charge in [0.1, 0.15) is 17.6 Å². The number of thioether (sulfide) groups is 1. The summed E-state index contributed by atoms with van der Waals surface area (Å²) in [5, 5.41) is 9.29. The summed E-state index contributed by atoms with van der Waals surface area (Å²) in [6.45, 7) is 1.91. The summed E-state index contributed by atoms with van der Waals surface area (Å²) in [4.78, 5) is 22.4. The van der Waals surface area contributed by atoms with E-state index in [0.29, 0.717) is 21.9 Å². The summed E-state index contributed by atoms with van der Waals surface area (Å²) in [7, 11) is 0. The Bertz CT molecular complexity index is 1090. The highest BCUT2D eigenvalue weighted by atomic mass is 32.2. The van der Waals surface area contributed by atoms with E-state index in [0.717, 1.165) is 17.7 Å². The molecule has 0 fully saturated rings. The number of hydrogen-bond acceptors (Lipinski definition) is 6. The summed E-state index contributed by atoms with van der Waals surface area (Å²) in [5.41, 5.74) is 7.05. The van der Waals surface area contributed by atoms with Gasteiger partial charge in [-0.05, 0) is 54.5 Å². The molecule has 0 saturated carbocycles. The maximum Gasteiger partial charge on any atom is 0.185 e. The topological polar surface area (TPSA) is 92.1 Å². The van der Waals surface area contributed by atoms with Crippen LogP contribution in [0.4, 0.5) is 4.39 Å². The molecule has 1 aromatic heterocycles. The monoisotopic (exact) mass is 406 g/mol. The van der Waals surface area contributed by atoms with Crippen LogP contribution in [-0.2, 0) is 12.0 Å². The molecule has 146 valence electrons. The van der Waals surface area contributed by atoms with Crippen molar-refractivity contribution >= 4 is 22.7 Å². The van der Waals surface area contributed by atoms with Crippen LogP contribution in [0.3, 0.4) is 0 Å². The fourth-order valence-electron chi connectivity index (χ4n) is 4.02. The molecule has 1 aliphatic heterocycles. The molecule has 2 aromatic rings. The minimum Gasteiger partial charge on any atom is -0.378 e. The molecule has 0 saturated heterocycles. The lowest BCUT2D eigenvalue weighted by atomic mass is 9.78. The molecule has 0 radical (unpaired) electrons. The summed E-state index contributed by atoms with van der Waals surface area (Å²) < 4.78 is 14.9. The maximum atomic E-state index is 14.9. The zero-order valence-electron chi connectivity index (χ0n) is 15.9. The first-order chi connectivity index (χ1) is 13.9. The zero-order chi connectivity index (χ0) is 20.6. The largest absolute Gasteiger partial charge is 0.378 e. The van der Waals surface area contributed by atoms with Crippen LogP contribution < -0.4 is 5.73 Å². The molecule has 2 heterocycles. The summed E-state index contributed by atoms with van der Waals surface area (Å²) in [6, 6.07) is 9.79. The highest BCUT2D eigenvalue weighted by Crippen LogP contribution is 2.51. The molecule has 2 aliphatic rings. The number of allylic oxidation sites excluding steroid dienone is 1. The molecule has 1 aliphatic carbocycles. The van der Waals surface area contributed by atoms with Crippen LogP contribution in [0.5, 0.6) is 0 Å². The van der Waals surface area contributed by atoms with Crippen molar-refractivity contribution in [2.45, 2.75) is 31.7 Å². The molecule has 2 unspecified atom stereocenters. The number of ketones is 1. The van der Waals surface area contributed by atoms with Crippen LogP contribution in [0, 0.1) is 23.1 Å². The fourth-order valence-corrected chi connectivity index (χ4v) is 5.18. The summed E-state index contributed by atoms with van der Waals surface area (Å²) >= 11 is 1.46. The Hall–Kier alpha value is -2.98. The number of aromatic nitrogens is 1. The standard InChI is InChI=1S/C22H19FN4OS/c1-22(15-3-2-4-20(15)29-21(25)27-22)16-9-13(5-7-17(16)23)10-19(28)18-8-6-14(11-24)12-26-18/h4-9,12,15H,2-3,10H2,1H3,(H2,25,27). The predicted octanol–water partition coefficient (Wildman–Crippen LogP) is 4.09. The maximum absolute atomic E-state index is 14.9. The van der Waals surface area contributed by atoms with E-state index in [1.807, 2.05) is 13.0 Å². The van der Waals surface area contributed by atoms with Gasteiger partial charge in [-0.1, -0.05) is 23.9 Å². The Morgan fingerprint density at radius 2 is 2.24 bits per heavy atom. The average Bonchev–Trinajstić information content (AvgIpc) is 3.18. The Labute approximate surface area is 172 Å². The quantitative estimate of drug-likeness (QED) is 0.772. The van der Waals surface area contributed by atoms with Crippen molar-refractivity contribution in [1.82, 2.24) is 4.98 Å². The summed E-state index contributed by atoms with van der Waals surface area (Å²) in [6.07, 6.45) is 5.43. The number of carbonyl (C=O) groups is 1. The summed E-state index contributed by atoms with van der Waals surface area (Å²) in [5.74, 6) is -0.462. The molecule has 1 aromatic carbocycles. The highest BCUT2D eigenvalue weighted by molar-refractivity contribution is 8.17. The molecule has 2 N–H and O–H groups in total. The molecule has 0 bridgehead atoms. The number of Topliss-reactive ketones (excluding diaryl/α,β-unsaturated/α-hetero) is 1. The van der Waals surface area contributed by atoms with Crippen molar-refractivity contribution in [2.75, 3.05) is 0 Å². The van der Waals surface area contributed by atoms with Crippen molar-refractivity contribution in [3.05, 3.63) is 75.7 Å². The van der Waals surface area contributed by atoms with E-state index in [1.54, 1.807) is 18.2 Å². The SMILES string of the molecule is CC1(c2cc(CC(=O)c3ccc(C#N)cn3)ccc2F)N=C(N)SC2=CCCC21. The van der Waals surface area contributed by atoms with E-state index in [-0.39, 0.29) is 29.6 Å². The lowest BCUT2D eigenvalue weighted by molar-refractivity contribution is 0.0988. The van der Waals surface area contributed by atoms with Crippen molar-refractivity contribution in [1.29, 1.82) is 5.26 Å². The zero-order valence-corrected chi connectivity index (χ0v) is 16.7. The van der Waals surface area contributed by atoms with Crippen molar-refractivity contribution in [3.63, 3.8) is 0 Å². The molecule has 7 heteroatoms. The Morgan fingerprint density at radius 1 is 1.41 bits per heavy atom. The van der Waals surface area contributed by atoms with Gasteiger partial charge in [0, 0.05) is 24.1 Å². The molecule has 29 heavy (non-hydrogen) atoms.